The zero-order valence-corrected chi connectivity index (χ0v) is 21.1. The number of nitrogens with one attached hydrogen (secondary N) is 1. The van der Waals surface area contributed by atoms with Crippen LogP contribution in [0.5, 0.6) is 5.75 Å². The summed E-state index contributed by atoms with van der Waals surface area (Å²) >= 11 is 7.08. The summed E-state index contributed by atoms with van der Waals surface area (Å²) in [4.78, 5) is 52.4. The number of halogens is 1. The number of nitrogens with zero attached hydrogens (tertiary/aromatic N) is 2. The minimum atomic E-state index is -0.532. The Balaban J connectivity index is 1.34. The van der Waals surface area contributed by atoms with Crippen molar-refractivity contribution < 1.29 is 28.7 Å². The predicted octanol–water partition coefficient (Wildman–Crippen LogP) is 3.56. The van der Waals surface area contributed by atoms with E-state index in [-0.39, 0.29) is 34.9 Å². The highest BCUT2D eigenvalue weighted by molar-refractivity contribution is 8.18. The van der Waals surface area contributed by atoms with Crippen molar-refractivity contribution in [2.24, 2.45) is 0 Å². The molecular weight excluding hydrogens is 506 g/mol. The SMILES string of the molecule is Cc1ccc(NC(=O)COc2ccc(/C=C3/SC(=O)N(CC(=O)N4CCOCC4)C3=O)cc2Cl)cc1. The number of thioether (sulfide) groups is 1. The Hall–Kier alpha value is -3.34. The number of benzene rings is 2. The van der Waals surface area contributed by atoms with Crippen molar-refractivity contribution in [2.45, 2.75) is 6.92 Å². The van der Waals surface area contributed by atoms with Crippen LogP contribution in [0.3, 0.4) is 0 Å². The fourth-order valence-electron chi connectivity index (χ4n) is 3.54. The average Bonchev–Trinajstić information content (AvgIpc) is 3.12. The van der Waals surface area contributed by atoms with E-state index in [9.17, 15) is 19.2 Å². The van der Waals surface area contributed by atoms with Gasteiger partial charge >= 0.3 is 0 Å². The second kappa shape index (κ2) is 11.6. The van der Waals surface area contributed by atoms with Crippen molar-refractivity contribution in [3.63, 3.8) is 0 Å². The molecule has 0 aromatic heterocycles. The topological polar surface area (TPSA) is 105 Å². The highest BCUT2D eigenvalue weighted by Gasteiger charge is 2.37. The second-order valence-electron chi connectivity index (χ2n) is 8.15. The minimum absolute atomic E-state index is 0.192. The molecule has 4 rings (SSSR count). The van der Waals surface area contributed by atoms with E-state index in [1.165, 1.54) is 6.08 Å². The number of rotatable bonds is 7. The number of anilines is 1. The normalized spacial score (nSPS) is 17.0. The van der Waals surface area contributed by atoms with Crippen molar-refractivity contribution in [3.8, 4) is 5.75 Å². The molecule has 4 amide bonds. The van der Waals surface area contributed by atoms with Gasteiger partial charge in [-0.05, 0) is 54.6 Å². The smallest absolute Gasteiger partial charge is 0.294 e. The number of aryl methyl sites for hydroxylation is 1. The average molecular weight is 530 g/mol. The molecule has 2 aliphatic rings. The molecule has 2 aliphatic heterocycles. The molecule has 188 valence electrons. The number of carbonyl (C=O) groups excluding carboxylic acids is 4. The van der Waals surface area contributed by atoms with Crippen LogP contribution in [-0.2, 0) is 19.1 Å². The van der Waals surface area contributed by atoms with E-state index in [0.717, 1.165) is 22.2 Å². The molecule has 1 N–H and O–H groups in total. The Morgan fingerprint density at radius 2 is 1.86 bits per heavy atom. The summed E-state index contributed by atoms with van der Waals surface area (Å²) in [5, 5.41) is 2.48. The maximum Gasteiger partial charge on any atom is 0.294 e. The highest BCUT2D eigenvalue weighted by Crippen LogP contribution is 2.34. The third-order valence-electron chi connectivity index (χ3n) is 5.48. The van der Waals surface area contributed by atoms with E-state index in [2.05, 4.69) is 5.32 Å². The van der Waals surface area contributed by atoms with Gasteiger partial charge in [-0.25, -0.2) is 0 Å². The van der Waals surface area contributed by atoms with Gasteiger partial charge in [0.05, 0.1) is 23.1 Å². The van der Waals surface area contributed by atoms with Gasteiger partial charge in [0.2, 0.25) is 5.91 Å². The largest absolute Gasteiger partial charge is 0.482 e. The molecule has 0 radical (unpaired) electrons. The summed E-state index contributed by atoms with van der Waals surface area (Å²) in [6, 6.07) is 12.2. The van der Waals surface area contributed by atoms with Gasteiger partial charge in [0.25, 0.3) is 17.1 Å². The van der Waals surface area contributed by atoms with Crippen LogP contribution in [0, 0.1) is 6.92 Å². The number of morpholine rings is 1. The van der Waals surface area contributed by atoms with Crippen molar-refractivity contribution in [1.82, 2.24) is 9.80 Å². The lowest BCUT2D eigenvalue weighted by Crippen LogP contribution is -2.46. The van der Waals surface area contributed by atoms with Gasteiger partial charge in [0, 0.05) is 18.8 Å². The molecule has 0 atom stereocenters. The van der Waals surface area contributed by atoms with E-state index < -0.39 is 11.1 Å². The summed E-state index contributed by atoms with van der Waals surface area (Å²) in [7, 11) is 0. The zero-order chi connectivity index (χ0) is 25.7. The minimum Gasteiger partial charge on any atom is -0.482 e. The zero-order valence-electron chi connectivity index (χ0n) is 19.5. The predicted molar refractivity (Wildman–Crippen MR) is 137 cm³/mol. The van der Waals surface area contributed by atoms with Gasteiger partial charge in [0.15, 0.2) is 6.61 Å². The van der Waals surface area contributed by atoms with Gasteiger partial charge in [-0.15, -0.1) is 0 Å². The maximum absolute atomic E-state index is 12.8. The first-order chi connectivity index (χ1) is 17.3. The Kier molecular flexibility index (Phi) is 8.29. The molecule has 9 nitrogen and oxygen atoms in total. The first-order valence-corrected chi connectivity index (χ1v) is 12.4. The van der Waals surface area contributed by atoms with Crippen LogP contribution in [-0.4, -0.2) is 72.2 Å². The molecular formula is C25H24ClN3O6S. The van der Waals surface area contributed by atoms with Crippen LogP contribution in [0.25, 0.3) is 6.08 Å². The molecule has 2 heterocycles. The summed E-state index contributed by atoms with van der Waals surface area (Å²) in [5.74, 6) is -0.856. The molecule has 2 aromatic carbocycles. The Bertz CT molecular complexity index is 1210. The summed E-state index contributed by atoms with van der Waals surface area (Å²) in [6.07, 6.45) is 1.53. The van der Waals surface area contributed by atoms with Crippen LogP contribution in [0.1, 0.15) is 11.1 Å². The molecule has 0 bridgehead atoms. The highest BCUT2D eigenvalue weighted by atomic mass is 35.5. The molecule has 2 aromatic rings. The summed E-state index contributed by atoms with van der Waals surface area (Å²) in [6.45, 7) is 3.16. The van der Waals surface area contributed by atoms with Gasteiger partial charge in [-0.1, -0.05) is 35.4 Å². The second-order valence-corrected chi connectivity index (χ2v) is 9.55. The van der Waals surface area contributed by atoms with E-state index in [1.54, 1.807) is 35.2 Å². The molecule has 36 heavy (non-hydrogen) atoms. The molecule has 0 unspecified atom stereocenters. The number of amides is 4. The quantitative estimate of drug-likeness (QED) is 0.547. The Morgan fingerprint density at radius 1 is 1.14 bits per heavy atom. The van der Waals surface area contributed by atoms with E-state index in [4.69, 9.17) is 21.1 Å². The third kappa shape index (κ3) is 6.45. The fourth-order valence-corrected chi connectivity index (χ4v) is 4.62. The van der Waals surface area contributed by atoms with Crippen LogP contribution >= 0.6 is 23.4 Å². The monoisotopic (exact) mass is 529 g/mol. The molecule has 0 spiro atoms. The number of imide groups is 1. The summed E-state index contributed by atoms with van der Waals surface area (Å²) < 4.78 is 10.7. The van der Waals surface area contributed by atoms with Gasteiger partial charge in [0.1, 0.15) is 12.3 Å². The number of hydrogen-bond donors (Lipinski definition) is 1. The van der Waals surface area contributed by atoms with Crippen LogP contribution < -0.4 is 10.1 Å². The van der Waals surface area contributed by atoms with Crippen molar-refractivity contribution in [1.29, 1.82) is 0 Å². The molecule has 0 aliphatic carbocycles. The van der Waals surface area contributed by atoms with Crippen LogP contribution in [0.2, 0.25) is 5.02 Å². The van der Waals surface area contributed by atoms with E-state index in [1.807, 2.05) is 19.1 Å². The summed E-state index contributed by atoms with van der Waals surface area (Å²) in [5.41, 5.74) is 2.32. The standard InChI is InChI=1S/C25H24ClN3O6S/c1-16-2-5-18(6-3-16)27-22(30)15-35-20-7-4-17(12-19(20)26)13-21-24(32)29(25(33)36-21)14-23(31)28-8-10-34-11-9-28/h2-7,12-13H,8-11,14-15H2,1H3,(H,27,30)/b21-13+. The molecule has 11 heteroatoms. The maximum atomic E-state index is 12.8. The van der Waals surface area contributed by atoms with Gasteiger partial charge < -0.3 is 19.7 Å². The van der Waals surface area contributed by atoms with E-state index in [0.29, 0.717) is 43.3 Å². The molecule has 0 saturated carbocycles. The van der Waals surface area contributed by atoms with Crippen LogP contribution in [0.15, 0.2) is 47.4 Å². The van der Waals surface area contributed by atoms with Crippen molar-refractivity contribution in [2.75, 3.05) is 44.8 Å². The Labute approximate surface area is 217 Å². The van der Waals surface area contributed by atoms with Gasteiger partial charge in [-0.2, -0.15) is 0 Å². The number of hydrogen-bond acceptors (Lipinski definition) is 7. The lowest BCUT2D eigenvalue weighted by molar-refractivity contribution is -0.139. The van der Waals surface area contributed by atoms with Gasteiger partial charge in [-0.3, -0.25) is 24.1 Å². The molecule has 2 saturated heterocycles. The third-order valence-corrected chi connectivity index (χ3v) is 6.68. The first-order valence-electron chi connectivity index (χ1n) is 11.2. The van der Waals surface area contributed by atoms with Crippen LogP contribution in [0.4, 0.5) is 10.5 Å². The number of ether oxygens (including phenoxy) is 2. The first kappa shape index (κ1) is 25.7. The Morgan fingerprint density at radius 3 is 2.56 bits per heavy atom. The lowest BCUT2D eigenvalue weighted by Gasteiger charge is -2.28. The van der Waals surface area contributed by atoms with E-state index >= 15 is 0 Å². The fraction of sp³-hybridized carbons (Fsp3) is 0.280. The number of carbonyl (C=O) groups is 4. The van der Waals surface area contributed by atoms with Crippen molar-refractivity contribution in [3.05, 3.63) is 63.5 Å². The lowest BCUT2D eigenvalue weighted by atomic mass is 10.2. The molecule has 2 fully saturated rings. The van der Waals surface area contributed by atoms with Crippen molar-refractivity contribution >= 4 is 58.1 Å².